The fourth-order valence-corrected chi connectivity index (χ4v) is 4.87. The number of nitrogens with zero attached hydrogens (tertiary/aromatic N) is 2. The van der Waals surface area contributed by atoms with Crippen LogP contribution in [0.4, 0.5) is 13.2 Å². The average molecular weight is 473 g/mol. The Kier molecular flexibility index (Phi) is 6.86. The molecule has 1 atom stereocenters. The first-order valence-electron chi connectivity index (χ1n) is 8.70. The molecule has 0 bridgehead atoms. The molecule has 9 nitrogen and oxygen atoms in total. The number of rotatable bonds is 7. The standard InChI is InChI=1S/C17H19F3N8OS2/c18-17(19,20)16-25-10-3-1-2-9(13(10)26-16)8-4-5-11(30-7-6-21)14(31(24)29)12(8)15(22)27-28-23/h1-5,28H,6-7,21,23-24H2,(H2,22,27)(H,25,26). The number of fused-ring (bicyclic) bond motifs is 1. The number of benzene rings is 2. The third kappa shape index (κ3) is 4.67. The van der Waals surface area contributed by atoms with E-state index >= 15 is 0 Å². The number of hydrazone groups is 1. The predicted octanol–water partition coefficient (Wildman–Crippen LogP) is 1.36. The Morgan fingerprint density at radius 2 is 2.00 bits per heavy atom. The number of nitrogens with one attached hydrogen (secondary N) is 2. The number of hydrogen-bond acceptors (Lipinski definition) is 7. The third-order valence-electron chi connectivity index (χ3n) is 4.21. The molecule has 3 rings (SSSR count). The third-order valence-corrected chi connectivity index (χ3v) is 6.26. The van der Waals surface area contributed by atoms with E-state index in [1.165, 1.54) is 17.8 Å². The Hall–Kier alpha value is -2.65. The van der Waals surface area contributed by atoms with E-state index in [0.29, 0.717) is 28.3 Å². The van der Waals surface area contributed by atoms with Gasteiger partial charge in [-0.1, -0.05) is 18.2 Å². The van der Waals surface area contributed by atoms with Crippen LogP contribution < -0.4 is 28.0 Å². The lowest BCUT2D eigenvalue weighted by Gasteiger charge is -2.17. The summed E-state index contributed by atoms with van der Waals surface area (Å²) in [5.41, 5.74) is 14.7. The van der Waals surface area contributed by atoms with Crippen molar-refractivity contribution in [1.29, 1.82) is 0 Å². The van der Waals surface area contributed by atoms with E-state index in [2.05, 4.69) is 20.6 Å². The molecule has 0 amide bonds. The van der Waals surface area contributed by atoms with E-state index in [1.54, 1.807) is 24.3 Å². The monoisotopic (exact) mass is 472 g/mol. The zero-order valence-electron chi connectivity index (χ0n) is 15.9. The van der Waals surface area contributed by atoms with Gasteiger partial charge in [0.05, 0.1) is 15.9 Å². The highest BCUT2D eigenvalue weighted by Gasteiger charge is 2.35. The highest BCUT2D eigenvalue weighted by molar-refractivity contribution is 7.99. The molecule has 10 N–H and O–H groups in total. The second-order valence-corrected chi connectivity index (χ2v) is 8.30. The van der Waals surface area contributed by atoms with E-state index in [9.17, 15) is 17.4 Å². The van der Waals surface area contributed by atoms with Crippen molar-refractivity contribution in [2.24, 2.45) is 27.6 Å². The van der Waals surface area contributed by atoms with E-state index in [1.807, 2.05) is 0 Å². The molecule has 1 unspecified atom stereocenters. The number of halogens is 3. The molecule has 1 heterocycles. The van der Waals surface area contributed by atoms with Gasteiger partial charge in [-0.15, -0.1) is 16.9 Å². The number of imidazole rings is 1. The molecule has 31 heavy (non-hydrogen) atoms. The number of aromatic nitrogens is 2. The van der Waals surface area contributed by atoms with Crippen LogP contribution in [0.25, 0.3) is 22.2 Å². The van der Waals surface area contributed by atoms with Gasteiger partial charge in [0.2, 0.25) is 5.82 Å². The summed E-state index contributed by atoms with van der Waals surface area (Å²) < 4.78 is 52.0. The molecule has 14 heteroatoms. The summed E-state index contributed by atoms with van der Waals surface area (Å²) in [4.78, 5) is 6.70. The van der Waals surface area contributed by atoms with Gasteiger partial charge < -0.3 is 16.5 Å². The van der Waals surface area contributed by atoms with Gasteiger partial charge in [0, 0.05) is 28.3 Å². The predicted molar refractivity (Wildman–Crippen MR) is 115 cm³/mol. The van der Waals surface area contributed by atoms with Gasteiger partial charge in [0.25, 0.3) is 0 Å². The maximum absolute atomic E-state index is 13.2. The number of H-pyrrole nitrogens is 1. The Morgan fingerprint density at radius 1 is 1.26 bits per heavy atom. The molecule has 0 saturated heterocycles. The van der Waals surface area contributed by atoms with Crippen molar-refractivity contribution >= 4 is 39.6 Å². The SMILES string of the molecule is NCCSc1ccc(-c2cccc3[nH]c(C(F)(F)F)nc23)c(/C(N)=N/NN)c1S(N)=O. The van der Waals surface area contributed by atoms with Gasteiger partial charge in [0.15, 0.2) is 5.84 Å². The Labute approximate surface area is 181 Å². The van der Waals surface area contributed by atoms with Crippen LogP contribution in [0.15, 0.2) is 45.2 Å². The summed E-state index contributed by atoms with van der Waals surface area (Å²) in [5, 5.41) is 9.50. The van der Waals surface area contributed by atoms with E-state index in [4.69, 9.17) is 22.4 Å². The van der Waals surface area contributed by atoms with E-state index in [0.717, 1.165) is 0 Å². The molecule has 166 valence electrons. The van der Waals surface area contributed by atoms with Gasteiger partial charge in [-0.3, -0.25) is 0 Å². The molecule has 3 aromatic rings. The first-order valence-corrected chi connectivity index (χ1v) is 10.9. The van der Waals surface area contributed by atoms with Crippen LogP contribution in [0.2, 0.25) is 0 Å². The smallest absolute Gasteiger partial charge is 0.382 e. The number of aromatic amines is 1. The van der Waals surface area contributed by atoms with Crippen LogP contribution in [-0.4, -0.2) is 32.3 Å². The molecule has 0 aliphatic rings. The zero-order valence-corrected chi connectivity index (χ0v) is 17.5. The minimum absolute atomic E-state index is 0.0562. The lowest BCUT2D eigenvalue weighted by atomic mass is 9.97. The van der Waals surface area contributed by atoms with E-state index < -0.39 is 23.0 Å². The van der Waals surface area contributed by atoms with Crippen molar-refractivity contribution in [3.05, 3.63) is 41.7 Å². The number of para-hydroxylation sites is 1. The molecular weight excluding hydrogens is 453 g/mol. The van der Waals surface area contributed by atoms with Crippen molar-refractivity contribution in [3.63, 3.8) is 0 Å². The fraction of sp³-hybridized carbons (Fsp3) is 0.176. The van der Waals surface area contributed by atoms with Crippen LogP contribution in [0.5, 0.6) is 0 Å². The Morgan fingerprint density at radius 3 is 2.61 bits per heavy atom. The molecule has 0 fully saturated rings. The van der Waals surface area contributed by atoms with E-state index in [-0.39, 0.29) is 27.3 Å². The maximum atomic E-state index is 13.2. The number of thioether (sulfide) groups is 1. The Balaban J connectivity index is 2.36. The summed E-state index contributed by atoms with van der Waals surface area (Å²) >= 11 is 1.31. The van der Waals surface area contributed by atoms with Crippen LogP contribution in [0, 0.1) is 0 Å². The van der Waals surface area contributed by atoms with Gasteiger partial charge in [-0.25, -0.2) is 25.7 Å². The first kappa shape index (κ1) is 23.0. The lowest BCUT2D eigenvalue weighted by molar-refractivity contribution is -0.144. The molecule has 2 aromatic carbocycles. The molecule has 0 aliphatic heterocycles. The number of hydrazine groups is 1. The summed E-state index contributed by atoms with van der Waals surface area (Å²) in [6.45, 7) is 0.360. The van der Waals surface area contributed by atoms with Crippen molar-refractivity contribution in [3.8, 4) is 11.1 Å². The zero-order chi connectivity index (χ0) is 22.8. The topological polar surface area (TPSA) is 174 Å². The summed E-state index contributed by atoms with van der Waals surface area (Å²) in [6.07, 6.45) is -4.66. The summed E-state index contributed by atoms with van der Waals surface area (Å²) in [6, 6.07) is 7.87. The van der Waals surface area contributed by atoms with Gasteiger partial charge in [-0.2, -0.15) is 13.2 Å². The van der Waals surface area contributed by atoms with Crippen molar-refractivity contribution < 1.29 is 17.4 Å². The molecule has 1 aromatic heterocycles. The van der Waals surface area contributed by atoms with Crippen molar-refractivity contribution in [1.82, 2.24) is 15.5 Å². The normalized spacial score (nSPS) is 13.5. The number of alkyl halides is 3. The second-order valence-electron chi connectivity index (χ2n) is 6.16. The highest BCUT2D eigenvalue weighted by atomic mass is 32.2. The van der Waals surface area contributed by atoms with Gasteiger partial charge in [-0.05, 0) is 17.7 Å². The number of amidine groups is 1. The summed E-state index contributed by atoms with van der Waals surface area (Å²) in [7, 11) is -2.01. The molecule has 0 saturated carbocycles. The van der Waals surface area contributed by atoms with Crippen LogP contribution in [-0.2, 0) is 17.2 Å². The van der Waals surface area contributed by atoms with Crippen LogP contribution in [0.3, 0.4) is 0 Å². The largest absolute Gasteiger partial charge is 0.449 e. The maximum Gasteiger partial charge on any atom is 0.449 e. The lowest BCUT2D eigenvalue weighted by Crippen LogP contribution is -2.26. The molecule has 0 spiro atoms. The fourth-order valence-electron chi connectivity index (χ4n) is 3.03. The quantitative estimate of drug-likeness (QED) is 0.0989. The highest BCUT2D eigenvalue weighted by Crippen LogP contribution is 2.38. The van der Waals surface area contributed by atoms with Crippen molar-refractivity contribution in [2.45, 2.75) is 16.0 Å². The van der Waals surface area contributed by atoms with Crippen LogP contribution in [0.1, 0.15) is 11.4 Å². The Bertz CT molecular complexity index is 1160. The average Bonchev–Trinajstić information content (AvgIpc) is 3.16. The second kappa shape index (κ2) is 9.23. The molecule has 0 radical (unpaired) electrons. The van der Waals surface area contributed by atoms with Crippen LogP contribution >= 0.6 is 11.8 Å². The number of hydrogen-bond donors (Lipinski definition) is 6. The molecular formula is C17H19F3N8OS2. The summed E-state index contributed by atoms with van der Waals surface area (Å²) in [5.74, 6) is 4.48. The van der Waals surface area contributed by atoms with Gasteiger partial charge >= 0.3 is 6.18 Å². The minimum atomic E-state index is -4.66. The number of nitrogens with two attached hydrogens (primary N) is 4. The first-order chi connectivity index (χ1) is 14.7. The molecule has 0 aliphatic carbocycles. The van der Waals surface area contributed by atoms with Crippen molar-refractivity contribution in [2.75, 3.05) is 12.3 Å². The van der Waals surface area contributed by atoms with Gasteiger partial charge in [0.1, 0.15) is 11.0 Å². The minimum Gasteiger partial charge on any atom is -0.382 e.